The Kier molecular flexibility index (Phi) is 7.05. The Morgan fingerprint density at radius 3 is 2.60 bits per heavy atom. The molecule has 1 saturated heterocycles. The van der Waals surface area contributed by atoms with Gasteiger partial charge in [-0.05, 0) is 55.9 Å². The van der Waals surface area contributed by atoms with Crippen molar-refractivity contribution < 1.29 is 4.79 Å². The van der Waals surface area contributed by atoms with Gasteiger partial charge in [-0.3, -0.25) is 19.6 Å². The van der Waals surface area contributed by atoms with Crippen LogP contribution in [0.3, 0.4) is 0 Å². The monoisotopic (exact) mass is 411 g/mol. The molecule has 164 valence electrons. The first-order valence-electron chi connectivity index (χ1n) is 11.8. The van der Waals surface area contributed by atoms with Gasteiger partial charge in [-0.1, -0.05) is 19.4 Å². The van der Waals surface area contributed by atoms with Gasteiger partial charge in [0.15, 0.2) is 0 Å². The van der Waals surface area contributed by atoms with E-state index in [0.717, 1.165) is 70.4 Å². The Labute approximate surface area is 181 Å². The molecule has 1 amide bonds. The van der Waals surface area contributed by atoms with E-state index in [-0.39, 0.29) is 0 Å². The third kappa shape index (κ3) is 4.86. The van der Waals surface area contributed by atoms with E-state index in [1.54, 1.807) is 0 Å². The number of hydrogen-bond acceptors (Lipinski definition) is 5. The van der Waals surface area contributed by atoms with Crippen molar-refractivity contribution in [2.24, 2.45) is 5.10 Å². The fraction of sp³-hybridized carbons (Fsp3) is 0.667. The van der Waals surface area contributed by atoms with Crippen LogP contribution >= 0.6 is 0 Å². The number of benzene rings is 1. The van der Waals surface area contributed by atoms with Gasteiger partial charge in [0.1, 0.15) is 0 Å². The van der Waals surface area contributed by atoms with Crippen LogP contribution in [0.2, 0.25) is 0 Å². The largest absolute Gasteiger partial charge is 0.339 e. The SMILES string of the molecule is CC/C=N\N(CC)c1ccc2c(c1)CCN(CC(=O)N1CCN(C3CCC3)CC1)C2. The molecule has 4 rings (SSSR count). The van der Waals surface area contributed by atoms with Gasteiger partial charge < -0.3 is 4.90 Å². The van der Waals surface area contributed by atoms with Gasteiger partial charge in [-0.15, -0.1) is 0 Å². The molecule has 1 aromatic rings. The summed E-state index contributed by atoms with van der Waals surface area (Å²) in [5.41, 5.74) is 3.91. The predicted octanol–water partition coefficient (Wildman–Crippen LogP) is 2.96. The van der Waals surface area contributed by atoms with E-state index in [1.807, 2.05) is 6.21 Å². The zero-order valence-corrected chi connectivity index (χ0v) is 18.7. The minimum Gasteiger partial charge on any atom is -0.339 e. The van der Waals surface area contributed by atoms with E-state index >= 15 is 0 Å². The van der Waals surface area contributed by atoms with E-state index < -0.39 is 0 Å². The zero-order valence-electron chi connectivity index (χ0n) is 18.7. The number of amides is 1. The second kappa shape index (κ2) is 9.92. The molecule has 0 radical (unpaired) electrons. The molecule has 0 unspecified atom stereocenters. The van der Waals surface area contributed by atoms with Crippen LogP contribution < -0.4 is 5.01 Å². The fourth-order valence-electron chi connectivity index (χ4n) is 4.78. The van der Waals surface area contributed by atoms with Crippen molar-refractivity contribution in [1.29, 1.82) is 0 Å². The first kappa shape index (κ1) is 21.3. The summed E-state index contributed by atoms with van der Waals surface area (Å²) >= 11 is 0. The average Bonchev–Trinajstić information content (AvgIpc) is 2.73. The van der Waals surface area contributed by atoms with Crippen molar-refractivity contribution in [2.75, 3.05) is 50.8 Å². The van der Waals surface area contributed by atoms with Gasteiger partial charge in [0.2, 0.25) is 5.91 Å². The third-order valence-electron chi connectivity index (χ3n) is 6.90. The van der Waals surface area contributed by atoms with Crippen LogP contribution in [-0.4, -0.2) is 78.7 Å². The van der Waals surface area contributed by atoms with Gasteiger partial charge >= 0.3 is 0 Å². The highest BCUT2D eigenvalue weighted by Gasteiger charge is 2.30. The molecule has 0 spiro atoms. The minimum atomic E-state index is 0.300. The number of carbonyl (C=O) groups excluding carboxylic acids is 1. The Balaban J connectivity index is 1.30. The van der Waals surface area contributed by atoms with Gasteiger partial charge in [-0.25, -0.2) is 0 Å². The highest BCUT2D eigenvalue weighted by molar-refractivity contribution is 5.78. The Morgan fingerprint density at radius 2 is 1.93 bits per heavy atom. The molecule has 30 heavy (non-hydrogen) atoms. The topological polar surface area (TPSA) is 42.4 Å². The highest BCUT2D eigenvalue weighted by atomic mass is 16.2. The molecule has 1 aliphatic carbocycles. The molecule has 6 heteroatoms. The molecule has 2 aliphatic heterocycles. The highest BCUT2D eigenvalue weighted by Crippen LogP contribution is 2.27. The van der Waals surface area contributed by atoms with Crippen LogP contribution in [0.4, 0.5) is 5.69 Å². The maximum Gasteiger partial charge on any atom is 0.236 e. The van der Waals surface area contributed by atoms with Crippen LogP contribution in [0.15, 0.2) is 23.3 Å². The van der Waals surface area contributed by atoms with Crippen molar-refractivity contribution >= 4 is 17.8 Å². The molecule has 1 saturated carbocycles. The first-order valence-corrected chi connectivity index (χ1v) is 11.8. The Morgan fingerprint density at radius 1 is 1.13 bits per heavy atom. The number of piperazine rings is 1. The maximum atomic E-state index is 12.9. The predicted molar refractivity (Wildman–Crippen MR) is 123 cm³/mol. The number of carbonyl (C=O) groups is 1. The van der Waals surface area contributed by atoms with Gasteiger partial charge in [0.25, 0.3) is 0 Å². The summed E-state index contributed by atoms with van der Waals surface area (Å²) in [4.78, 5) is 19.9. The quantitative estimate of drug-likeness (QED) is 0.511. The molecule has 2 heterocycles. The molecule has 0 N–H and O–H groups in total. The number of rotatable bonds is 7. The molecule has 3 aliphatic rings. The number of hydrogen-bond donors (Lipinski definition) is 0. The van der Waals surface area contributed by atoms with E-state index in [9.17, 15) is 4.79 Å². The van der Waals surface area contributed by atoms with Crippen molar-refractivity contribution in [3.63, 3.8) is 0 Å². The van der Waals surface area contributed by atoms with Gasteiger partial charge in [-0.2, -0.15) is 5.10 Å². The van der Waals surface area contributed by atoms with Crippen LogP contribution in [0.25, 0.3) is 0 Å². The lowest BCUT2D eigenvalue weighted by Gasteiger charge is -2.43. The molecule has 1 aromatic carbocycles. The Bertz CT molecular complexity index is 752. The first-order chi connectivity index (χ1) is 14.7. The van der Waals surface area contributed by atoms with E-state index in [2.05, 4.69) is 56.9 Å². The van der Waals surface area contributed by atoms with Crippen LogP contribution in [0, 0.1) is 0 Å². The maximum absolute atomic E-state index is 12.9. The van der Waals surface area contributed by atoms with Crippen LogP contribution in [0.1, 0.15) is 50.7 Å². The van der Waals surface area contributed by atoms with Crippen LogP contribution in [-0.2, 0) is 17.8 Å². The standard InChI is InChI=1S/C24H37N5O/c1-3-11-25-29(4-2)23-9-8-21-18-26(12-10-20(21)17-23)19-24(30)28-15-13-27(14-16-28)22-6-5-7-22/h8-9,11,17,22H,3-7,10,12-16,18-19H2,1-2H3/b25-11-. The van der Waals surface area contributed by atoms with Crippen molar-refractivity contribution in [2.45, 2.75) is 58.5 Å². The third-order valence-corrected chi connectivity index (χ3v) is 6.90. The Hall–Kier alpha value is -1.92. The number of fused-ring (bicyclic) bond motifs is 1. The van der Waals surface area contributed by atoms with E-state index in [4.69, 9.17) is 0 Å². The van der Waals surface area contributed by atoms with E-state index in [0.29, 0.717) is 12.5 Å². The van der Waals surface area contributed by atoms with Crippen molar-refractivity contribution in [3.05, 3.63) is 29.3 Å². The molecule has 0 bridgehead atoms. The lowest BCUT2D eigenvalue weighted by Crippen LogP contribution is -2.55. The zero-order chi connectivity index (χ0) is 20.9. The fourth-order valence-corrected chi connectivity index (χ4v) is 4.78. The molecule has 0 aromatic heterocycles. The molecule has 6 nitrogen and oxygen atoms in total. The lowest BCUT2D eigenvalue weighted by molar-refractivity contribution is -0.135. The second-order valence-electron chi connectivity index (χ2n) is 8.84. The minimum absolute atomic E-state index is 0.300. The summed E-state index contributed by atoms with van der Waals surface area (Å²) in [6.07, 6.45) is 7.99. The summed E-state index contributed by atoms with van der Waals surface area (Å²) in [6, 6.07) is 7.47. The van der Waals surface area contributed by atoms with E-state index in [1.165, 1.54) is 30.4 Å². The normalized spacial score (nSPS) is 20.9. The van der Waals surface area contributed by atoms with Gasteiger partial charge in [0.05, 0.1) is 12.2 Å². The average molecular weight is 412 g/mol. The number of anilines is 1. The lowest BCUT2D eigenvalue weighted by atomic mass is 9.91. The summed E-state index contributed by atoms with van der Waals surface area (Å²) in [5.74, 6) is 0.300. The molecule has 2 fully saturated rings. The smallest absolute Gasteiger partial charge is 0.236 e. The molecular formula is C24H37N5O. The van der Waals surface area contributed by atoms with Crippen molar-refractivity contribution in [1.82, 2.24) is 14.7 Å². The van der Waals surface area contributed by atoms with Gasteiger partial charge in [0, 0.05) is 58.1 Å². The van der Waals surface area contributed by atoms with Crippen LogP contribution in [0.5, 0.6) is 0 Å². The summed E-state index contributed by atoms with van der Waals surface area (Å²) < 4.78 is 0. The second-order valence-corrected chi connectivity index (χ2v) is 8.84. The molecule has 0 atom stereocenters. The summed E-state index contributed by atoms with van der Waals surface area (Å²) in [6.45, 7) is 11.4. The number of hydrazone groups is 1. The summed E-state index contributed by atoms with van der Waals surface area (Å²) in [7, 11) is 0. The van der Waals surface area contributed by atoms with Crippen molar-refractivity contribution in [3.8, 4) is 0 Å². The molecular weight excluding hydrogens is 374 g/mol. The number of nitrogens with zero attached hydrogens (tertiary/aromatic N) is 5. The summed E-state index contributed by atoms with van der Waals surface area (Å²) in [5, 5.41) is 6.61.